The molecule has 0 aliphatic carbocycles. The summed E-state index contributed by atoms with van der Waals surface area (Å²) in [6.07, 6.45) is 0. The molecule has 94 valence electrons. The molecule has 0 aliphatic rings. The van der Waals surface area contributed by atoms with Crippen molar-refractivity contribution in [2.75, 3.05) is 26.2 Å². The van der Waals surface area contributed by atoms with Gasteiger partial charge in [0.1, 0.15) is 5.75 Å². The Morgan fingerprint density at radius 2 is 1.88 bits per heavy atom. The summed E-state index contributed by atoms with van der Waals surface area (Å²) in [6.45, 7) is 10.1. The Hall–Kier alpha value is -1.35. The topological polar surface area (TPSA) is 35.8 Å². The average Bonchev–Trinajstić information content (AvgIpc) is 2.35. The smallest absolute Gasteiger partial charge is 0.124 e. The Balaban J connectivity index is 2.58. The van der Waals surface area contributed by atoms with Crippen LogP contribution < -0.4 is 0 Å². The van der Waals surface area contributed by atoms with Gasteiger partial charge in [-0.25, -0.2) is 0 Å². The number of para-hydroxylation sites is 1. The predicted molar refractivity (Wildman–Crippen MR) is 73.0 cm³/mol. The standard InChI is InChI=1S/C14H22N2O/c1-4-16(5-2)11-10-15-12(3)13-8-6-7-9-14(13)17/h6-9,17H,4-5,10-11H2,1-3H3. The highest BCUT2D eigenvalue weighted by Gasteiger charge is 2.03. The summed E-state index contributed by atoms with van der Waals surface area (Å²) in [5.74, 6) is 0.302. The van der Waals surface area contributed by atoms with Gasteiger partial charge in [-0.15, -0.1) is 0 Å². The lowest BCUT2D eigenvalue weighted by atomic mass is 10.1. The second-order valence-corrected chi connectivity index (χ2v) is 4.01. The fraction of sp³-hybridized carbons (Fsp3) is 0.500. The van der Waals surface area contributed by atoms with E-state index in [0.717, 1.165) is 37.5 Å². The van der Waals surface area contributed by atoms with Gasteiger partial charge in [-0.3, -0.25) is 4.99 Å². The molecule has 1 N–H and O–H groups in total. The van der Waals surface area contributed by atoms with Crippen LogP contribution in [0.4, 0.5) is 0 Å². The average molecular weight is 234 g/mol. The molecule has 0 unspecified atom stereocenters. The molecule has 0 bridgehead atoms. The van der Waals surface area contributed by atoms with Crippen molar-refractivity contribution in [1.82, 2.24) is 4.90 Å². The largest absolute Gasteiger partial charge is 0.507 e. The Morgan fingerprint density at radius 3 is 2.47 bits per heavy atom. The molecule has 0 radical (unpaired) electrons. The van der Waals surface area contributed by atoms with Gasteiger partial charge in [-0.2, -0.15) is 0 Å². The van der Waals surface area contributed by atoms with E-state index in [1.54, 1.807) is 6.07 Å². The van der Waals surface area contributed by atoms with E-state index in [2.05, 4.69) is 23.7 Å². The Labute approximate surface area is 104 Å². The van der Waals surface area contributed by atoms with E-state index >= 15 is 0 Å². The highest BCUT2D eigenvalue weighted by molar-refractivity contribution is 6.00. The number of likely N-dealkylation sites (N-methyl/N-ethyl adjacent to an activating group) is 1. The minimum absolute atomic E-state index is 0.302. The summed E-state index contributed by atoms with van der Waals surface area (Å²) < 4.78 is 0. The third-order valence-corrected chi connectivity index (χ3v) is 2.95. The first kappa shape index (κ1) is 13.7. The molecule has 0 fully saturated rings. The first-order valence-electron chi connectivity index (χ1n) is 6.20. The van der Waals surface area contributed by atoms with Crippen molar-refractivity contribution in [3.63, 3.8) is 0 Å². The van der Waals surface area contributed by atoms with Crippen LogP contribution in [0.2, 0.25) is 0 Å². The minimum Gasteiger partial charge on any atom is -0.507 e. The van der Waals surface area contributed by atoms with Gasteiger partial charge in [-0.05, 0) is 32.1 Å². The van der Waals surface area contributed by atoms with Crippen molar-refractivity contribution in [3.8, 4) is 5.75 Å². The minimum atomic E-state index is 0.302. The van der Waals surface area contributed by atoms with E-state index in [0.29, 0.717) is 5.75 Å². The molecule has 3 heteroatoms. The van der Waals surface area contributed by atoms with Crippen molar-refractivity contribution < 1.29 is 5.11 Å². The highest BCUT2D eigenvalue weighted by atomic mass is 16.3. The summed E-state index contributed by atoms with van der Waals surface area (Å²) in [4.78, 5) is 6.84. The van der Waals surface area contributed by atoms with Gasteiger partial charge in [0.25, 0.3) is 0 Å². The molecular weight excluding hydrogens is 212 g/mol. The second-order valence-electron chi connectivity index (χ2n) is 4.01. The van der Waals surface area contributed by atoms with E-state index < -0.39 is 0 Å². The van der Waals surface area contributed by atoms with Crippen LogP contribution in [0, 0.1) is 0 Å². The molecule has 1 aromatic rings. The summed E-state index contributed by atoms with van der Waals surface area (Å²) in [6, 6.07) is 7.32. The van der Waals surface area contributed by atoms with Crippen LogP contribution in [0.15, 0.2) is 29.3 Å². The van der Waals surface area contributed by atoms with Gasteiger partial charge in [0.05, 0.1) is 6.54 Å². The van der Waals surface area contributed by atoms with Crippen molar-refractivity contribution in [2.24, 2.45) is 4.99 Å². The van der Waals surface area contributed by atoms with Crippen molar-refractivity contribution in [1.29, 1.82) is 0 Å². The molecule has 0 saturated heterocycles. The molecule has 0 aromatic heterocycles. The van der Waals surface area contributed by atoms with E-state index in [-0.39, 0.29) is 0 Å². The molecule has 0 atom stereocenters. The maximum Gasteiger partial charge on any atom is 0.124 e. The van der Waals surface area contributed by atoms with Crippen LogP contribution in [0.5, 0.6) is 5.75 Å². The normalized spacial score (nSPS) is 12.1. The summed E-state index contributed by atoms with van der Waals surface area (Å²) in [5.41, 5.74) is 1.72. The number of aromatic hydroxyl groups is 1. The van der Waals surface area contributed by atoms with Crippen LogP contribution in [-0.2, 0) is 0 Å². The van der Waals surface area contributed by atoms with Crippen LogP contribution in [0.1, 0.15) is 26.3 Å². The molecule has 17 heavy (non-hydrogen) atoms. The van der Waals surface area contributed by atoms with Crippen LogP contribution in [-0.4, -0.2) is 41.9 Å². The van der Waals surface area contributed by atoms with E-state index in [9.17, 15) is 5.11 Å². The quantitative estimate of drug-likeness (QED) is 0.768. The molecule has 0 amide bonds. The van der Waals surface area contributed by atoms with Crippen LogP contribution >= 0.6 is 0 Å². The van der Waals surface area contributed by atoms with Crippen LogP contribution in [0.25, 0.3) is 0 Å². The fourth-order valence-electron chi connectivity index (χ4n) is 1.76. The van der Waals surface area contributed by atoms with Gasteiger partial charge in [0.15, 0.2) is 0 Å². The van der Waals surface area contributed by atoms with Gasteiger partial charge in [0, 0.05) is 17.8 Å². The zero-order valence-electron chi connectivity index (χ0n) is 11.0. The molecular formula is C14H22N2O. The van der Waals surface area contributed by atoms with E-state index in [1.165, 1.54) is 0 Å². The Morgan fingerprint density at radius 1 is 1.24 bits per heavy atom. The monoisotopic (exact) mass is 234 g/mol. The molecule has 0 spiro atoms. The van der Waals surface area contributed by atoms with Gasteiger partial charge < -0.3 is 10.0 Å². The molecule has 0 heterocycles. The lowest BCUT2D eigenvalue weighted by Gasteiger charge is -2.16. The number of benzene rings is 1. The van der Waals surface area contributed by atoms with Crippen molar-refractivity contribution in [3.05, 3.63) is 29.8 Å². The maximum absolute atomic E-state index is 9.69. The highest BCUT2D eigenvalue weighted by Crippen LogP contribution is 2.16. The lowest BCUT2D eigenvalue weighted by Crippen LogP contribution is -2.25. The molecule has 0 saturated carbocycles. The predicted octanol–water partition coefficient (Wildman–Crippen LogP) is 2.54. The van der Waals surface area contributed by atoms with Gasteiger partial charge >= 0.3 is 0 Å². The van der Waals surface area contributed by atoms with E-state index in [4.69, 9.17) is 0 Å². The Kier molecular flexibility index (Phi) is 5.70. The number of nitrogens with zero attached hydrogens (tertiary/aromatic N) is 2. The zero-order valence-corrected chi connectivity index (χ0v) is 11.0. The number of phenolic OH excluding ortho intramolecular Hbond substituents is 1. The number of hydrogen-bond acceptors (Lipinski definition) is 3. The zero-order chi connectivity index (χ0) is 12.7. The Bertz CT molecular complexity index is 370. The maximum atomic E-state index is 9.69. The van der Waals surface area contributed by atoms with Gasteiger partial charge in [0.2, 0.25) is 0 Å². The number of hydrogen-bond donors (Lipinski definition) is 1. The molecule has 3 nitrogen and oxygen atoms in total. The van der Waals surface area contributed by atoms with Crippen molar-refractivity contribution >= 4 is 5.71 Å². The number of phenols is 1. The summed E-state index contributed by atoms with van der Waals surface area (Å²) in [7, 11) is 0. The number of rotatable bonds is 6. The number of aliphatic imine (C=N–C) groups is 1. The molecule has 0 aliphatic heterocycles. The third-order valence-electron chi connectivity index (χ3n) is 2.95. The second kappa shape index (κ2) is 7.07. The summed E-state index contributed by atoms with van der Waals surface area (Å²) >= 11 is 0. The SMILES string of the molecule is CCN(CC)CCN=C(C)c1ccccc1O. The third kappa shape index (κ3) is 4.19. The van der Waals surface area contributed by atoms with Crippen molar-refractivity contribution in [2.45, 2.75) is 20.8 Å². The molecule has 1 aromatic carbocycles. The lowest BCUT2D eigenvalue weighted by molar-refractivity contribution is 0.313. The summed E-state index contributed by atoms with van der Waals surface area (Å²) in [5, 5.41) is 9.69. The first-order chi connectivity index (χ1) is 8.19. The fourth-order valence-corrected chi connectivity index (χ4v) is 1.76. The van der Waals surface area contributed by atoms with E-state index in [1.807, 2.05) is 25.1 Å². The molecule has 1 rings (SSSR count). The van der Waals surface area contributed by atoms with Crippen LogP contribution in [0.3, 0.4) is 0 Å². The first-order valence-corrected chi connectivity index (χ1v) is 6.20. The van der Waals surface area contributed by atoms with Gasteiger partial charge in [-0.1, -0.05) is 26.0 Å².